The van der Waals surface area contributed by atoms with Gasteiger partial charge in [-0.2, -0.15) is 8.75 Å². The van der Waals surface area contributed by atoms with Gasteiger partial charge in [0.25, 0.3) is 0 Å². The molecule has 0 fully saturated rings. The SMILES string of the molecule is CCCC(CC)c1ccc(-c2ccc(-c3ccc(-c4ccc(-c5ccc(N(CC)CC)cc5)s4)c4nsnc34)s2)cc1. The van der Waals surface area contributed by atoms with Crippen LogP contribution >= 0.6 is 34.4 Å². The molecule has 3 aromatic heterocycles. The second kappa shape index (κ2) is 12.9. The summed E-state index contributed by atoms with van der Waals surface area (Å²) in [7, 11) is 0. The minimum absolute atomic E-state index is 0.657. The summed E-state index contributed by atoms with van der Waals surface area (Å²) in [6.07, 6.45) is 3.68. The largest absolute Gasteiger partial charge is 0.372 e. The van der Waals surface area contributed by atoms with Crippen molar-refractivity contribution < 1.29 is 0 Å². The van der Waals surface area contributed by atoms with Crippen LogP contribution in [0.4, 0.5) is 5.69 Å². The van der Waals surface area contributed by atoms with Crippen LogP contribution in [0.25, 0.3) is 52.8 Å². The second-order valence-corrected chi connectivity index (χ2v) is 13.4. The van der Waals surface area contributed by atoms with Crippen molar-refractivity contribution in [2.75, 3.05) is 18.0 Å². The predicted molar refractivity (Wildman–Crippen MR) is 186 cm³/mol. The molecule has 0 aliphatic heterocycles. The molecule has 42 heavy (non-hydrogen) atoms. The van der Waals surface area contributed by atoms with E-state index in [2.05, 4.69) is 118 Å². The van der Waals surface area contributed by atoms with Gasteiger partial charge in [-0.05, 0) is 85.7 Å². The Balaban J connectivity index is 1.26. The molecule has 0 spiro atoms. The zero-order valence-corrected chi connectivity index (χ0v) is 27.2. The van der Waals surface area contributed by atoms with Crippen molar-refractivity contribution in [1.82, 2.24) is 8.75 Å². The molecule has 0 saturated heterocycles. The maximum atomic E-state index is 4.77. The van der Waals surface area contributed by atoms with Gasteiger partial charge < -0.3 is 4.90 Å². The molecule has 6 aromatic rings. The summed E-state index contributed by atoms with van der Waals surface area (Å²) in [5.41, 5.74) is 9.56. The Kier molecular flexibility index (Phi) is 8.84. The van der Waals surface area contributed by atoms with Crippen LogP contribution in [0.1, 0.15) is 58.4 Å². The van der Waals surface area contributed by atoms with E-state index in [-0.39, 0.29) is 0 Å². The van der Waals surface area contributed by atoms with Crippen molar-refractivity contribution >= 4 is 51.1 Å². The highest BCUT2D eigenvalue weighted by molar-refractivity contribution is 7.19. The summed E-state index contributed by atoms with van der Waals surface area (Å²) < 4.78 is 9.53. The van der Waals surface area contributed by atoms with Gasteiger partial charge in [0.2, 0.25) is 0 Å². The first-order valence-electron chi connectivity index (χ1n) is 15.0. The summed E-state index contributed by atoms with van der Waals surface area (Å²) in [4.78, 5) is 7.39. The van der Waals surface area contributed by atoms with Gasteiger partial charge in [0.15, 0.2) is 0 Å². The van der Waals surface area contributed by atoms with E-state index in [4.69, 9.17) is 8.75 Å². The second-order valence-electron chi connectivity index (χ2n) is 10.7. The molecular weight excluding hydrogens is 571 g/mol. The first-order chi connectivity index (χ1) is 20.6. The van der Waals surface area contributed by atoms with E-state index in [0.29, 0.717) is 5.92 Å². The van der Waals surface area contributed by atoms with E-state index >= 15 is 0 Å². The van der Waals surface area contributed by atoms with Gasteiger partial charge in [-0.3, -0.25) is 0 Å². The van der Waals surface area contributed by atoms with Gasteiger partial charge in [0.1, 0.15) is 11.0 Å². The molecule has 6 heteroatoms. The lowest BCUT2D eigenvalue weighted by molar-refractivity contribution is 0.596. The minimum atomic E-state index is 0.657. The average molecular weight is 608 g/mol. The predicted octanol–water partition coefficient (Wildman–Crippen LogP) is 11.6. The van der Waals surface area contributed by atoms with Crippen LogP contribution in [0.2, 0.25) is 0 Å². The average Bonchev–Trinajstić information content (AvgIpc) is 3.82. The highest BCUT2D eigenvalue weighted by atomic mass is 32.1. The Hall–Kier alpha value is -3.32. The van der Waals surface area contributed by atoms with E-state index < -0.39 is 0 Å². The summed E-state index contributed by atoms with van der Waals surface area (Å²) >= 11 is 4.95. The van der Waals surface area contributed by atoms with Crippen LogP contribution in [0, 0.1) is 0 Å². The Morgan fingerprint density at radius 3 is 1.57 bits per heavy atom. The Morgan fingerprint density at radius 2 is 1.10 bits per heavy atom. The van der Waals surface area contributed by atoms with Crippen LogP contribution < -0.4 is 4.90 Å². The molecule has 3 nitrogen and oxygen atoms in total. The lowest BCUT2D eigenvalue weighted by Gasteiger charge is -2.21. The Labute approximate surface area is 261 Å². The number of fused-ring (bicyclic) bond motifs is 1. The fourth-order valence-corrected chi connectivity index (χ4v) is 8.49. The maximum absolute atomic E-state index is 4.77. The number of nitrogens with zero attached hydrogens (tertiary/aromatic N) is 3. The van der Waals surface area contributed by atoms with Gasteiger partial charge in [0, 0.05) is 49.4 Å². The molecule has 0 radical (unpaired) electrons. The van der Waals surface area contributed by atoms with Crippen molar-refractivity contribution in [2.24, 2.45) is 0 Å². The molecule has 3 aromatic carbocycles. The smallest absolute Gasteiger partial charge is 0.114 e. The van der Waals surface area contributed by atoms with E-state index in [1.54, 1.807) is 0 Å². The molecule has 0 aliphatic rings. The van der Waals surface area contributed by atoms with Crippen molar-refractivity contribution in [1.29, 1.82) is 0 Å². The first kappa shape index (κ1) is 28.8. The fourth-order valence-electron chi connectivity index (χ4n) is 5.84. The third-order valence-corrected chi connectivity index (χ3v) is 11.1. The van der Waals surface area contributed by atoms with Crippen LogP contribution in [0.3, 0.4) is 0 Å². The molecule has 214 valence electrons. The quantitative estimate of drug-likeness (QED) is 0.147. The van der Waals surface area contributed by atoms with E-state index in [9.17, 15) is 0 Å². The standard InChI is InChI=1S/C36H37N3S3/c1-5-9-24(6-2)25-10-12-26(13-11-25)31-20-22-33(40-31)29-18-19-30(36-35(29)37-42-38-36)34-23-21-32(41-34)27-14-16-28(17-15-27)39(7-3)8-4/h10-24H,5-9H2,1-4H3. The van der Waals surface area contributed by atoms with Crippen LogP contribution in [0.15, 0.2) is 84.9 Å². The molecular formula is C36H37N3S3. The van der Waals surface area contributed by atoms with Crippen molar-refractivity contribution in [3.8, 4) is 41.8 Å². The molecule has 0 saturated carbocycles. The number of hydrogen-bond donors (Lipinski definition) is 0. The van der Waals surface area contributed by atoms with Crippen molar-refractivity contribution in [3.05, 3.63) is 90.5 Å². The summed E-state index contributed by atoms with van der Waals surface area (Å²) in [6.45, 7) is 11.0. The Bertz CT molecular complexity index is 1760. The lowest BCUT2D eigenvalue weighted by atomic mass is 9.91. The summed E-state index contributed by atoms with van der Waals surface area (Å²) in [6, 6.07) is 31.6. The van der Waals surface area contributed by atoms with E-state index in [1.807, 2.05) is 22.7 Å². The summed E-state index contributed by atoms with van der Waals surface area (Å²) in [5, 5.41) is 0. The molecule has 0 N–H and O–H groups in total. The molecule has 3 heterocycles. The molecule has 6 rings (SSSR count). The zero-order valence-electron chi connectivity index (χ0n) is 24.8. The number of aromatic nitrogens is 2. The molecule has 1 atom stereocenters. The van der Waals surface area contributed by atoms with Gasteiger partial charge in [-0.1, -0.05) is 68.8 Å². The minimum Gasteiger partial charge on any atom is -0.372 e. The van der Waals surface area contributed by atoms with Crippen LogP contribution in [-0.2, 0) is 0 Å². The number of thiophene rings is 2. The maximum Gasteiger partial charge on any atom is 0.114 e. The molecule has 0 aliphatic carbocycles. The number of rotatable bonds is 11. The Morgan fingerprint density at radius 1 is 0.595 bits per heavy atom. The fraction of sp³-hybridized carbons (Fsp3) is 0.278. The van der Waals surface area contributed by atoms with Crippen LogP contribution in [0.5, 0.6) is 0 Å². The van der Waals surface area contributed by atoms with E-state index in [1.165, 1.54) is 72.9 Å². The van der Waals surface area contributed by atoms with E-state index in [0.717, 1.165) is 35.2 Å². The third-order valence-electron chi connectivity index (χ3n) is 8.24. The molecule has 0 bridgehead atoms. The number of hydrogen-bond acceptors (Lipinski definition) is 6. The van der Waals surface area contributed by atoms with Crippen LogP contribution in [-0.4, -0.2) is 21.8 Å². The van der Waals surface area contributed by atoms with Crippen molar-refractivity contribution in [3.63, 3.8) is 0 Å². The highest BCUT2D eigenvalue weighted by Crippen LogP contribution is 2.42. The first-order valence-corrected chi connectivity index (χ1v) is 17.4. The molecule has 0 amide bonds. The van der Waals surface area contributed by atoms with Gasteiger partial charge in [0.05, 0.1) is 11.7 Å². The lowest BCUT2D eigenvalue weighted by Crippen LogP contribution is -2.21. The third kappa shape index (κ3) is 5.68. The molecule has 1 unspecified atom stereocenters. The monoisotopic (exact) mass is 607 g/mol. The highest BCUT2D eigenvalue weighted by Gasteiger charge is 2.17. The van der Waals surface area contributed by atoms with Crippen molar-refractivity contribution in [2.45, 2.75) is 52.9 Å². The summed E-state index contributed by atoms with van der Waals surface area (Å²) in [5.74, 6) is 0.657. The number of benzene rings is 3. The van der Waals surface area contributed by atoms with Gasteiger partial charge in [-0.15, -0.1) is 22.7 Å². The topological polar surface area (TPSA) is 29.0 Å². The van der Waals surface area contributed by atoms with Gasteiger partial charge in [-0.25, -0.2) is 0 Å². The van der Waals surface area contributed by atoms with Gasteiger partial charge >= 0.3 is 0 Å². The normalized spacial score (nSPS) is 12.2. The zero-order chi connectivity index (χ0) is 29.1. The number of anilines is 1.